The van der Waals surface area contributed by atoms with Gasteiger partial charge in [0, 0.05) is 38.9 Å². The van der Waals surface area contributed by atoms with Gasteiger partial charge in [-0.25, -0.2) is 0 Å². The molecule has 0 N–H and O–H groups in total. The Balaban J connectivity index is 2.59. The summed E-state index contributed by atoms with van der Waals surface area (Å²) in [6.45, 7) is 5.28. The molecule has 1 saturated heterocycles. The highest BCUT2D eigenvalue weighted by molar-refractivity contribution is 7.92. The molecule has 0 aromatic rings. The summed E-state index contributed by atoms with van der Waals surface area (Å²) in [5, 5.41) is -0.104. The van der Waals surface area contributed by atoms with E-state index in [1.165, 1.54) is 6.26 Å². The van der Waals surface area contributed by atoms with E-state index < -0.39 is 21.6 Å². The third-order valence-electron chi connectivity index (χ3n) is 2.03. The molecule has 0 saturated carbocycles. The molecule has 4 atom stereocenters. The summed E-state index contributed by atoms with van der Waals surface area (Å²) < 4.78 is 27.9. The Bertz CT molecular complexity index is 240. The Morgan fingerprint density at radius 2 is 2.23 bits per heavy atom. The van der Waals surface area contributed by atoms with E-state index in [9.17, 15) is 8.42 Å². The molecule has 13 heavy (non-hydrogen) atoms. The molecule has 0 radical (unpaired) electrons. The fraction of sp³-hybridized carbons (Fsp3) is 0.750. The van der Waals surface area contributed by atoms with Gasteiger partial charge in [0.05, 0.1) is 11.5 Å². The lowest BCUT2D eigenvalue weighted by Gasteiger charge is -2.25. The van der Waals surface area contributed by atoms with Gasteiger partial charge in [0.2, 0.25) is 0 Å². The summed E-state index contributed by atoms with van der Waals surface area (Å²) in [5.41, 5.74) is 0. The van der Waals surface area contributed by atoms with Crippen LogP contribution in [0, 0.1) is 0 Å². The minimum Gasteiger partial charge on any atom is -0.498 e. The summed E-state index contributed by atoms with van der Waals surface area (Å²) >= 11 is 0. The Morgan fingerprint density at radius 1 is 1.54 bits per heavy atom. The van der Waals surface area contributed by atoms with Crippen LogP contribution in [0.4, 0.5) is 0 Å². The highest BCUT2D eigenvalue weighted by Crippen LogP contribution is 2.14. The van der Waals surface area contributed by atoms with Gasteiger partial charge in [0.25, 0.3) is 0 Å². The van der Waals surface area contributed by atoms with E-state index in [0.717, 1.165) is 0 Å². The first-order valence-corrected chi connectivity index (χ1v) is 7.00. The second-order valence-electron chi connectivity index (χ2n) is 2.94. The summed E-state index contributed by atoms with van der Waals surface area (Å²) in [7, 11) is -1.72. The molecule has 0 aliphatic carbocycles. The van der Waals surface area contributed by atoms with Crippen LogP contribution in [0.5, 0.6) is 0 Å². The van der Waals surface area contributed by atoms with Crippen molar-refractivity contribution in [3.05, 3.63) is 12.8 Å². The molecule has 1 aliphatic rings. The van der Waals surface area contributed by atoms with Crippen molar-refractivity contribution in [2.45, 2.75) is 18.3 Å². The zero-order valence-corrected chi connectivity index (χ0v) is 9.23. The lowest BCUT2D eigenvalue weighted by molar-refractivity contribution is 0.163. The van der Waals surface area contributed by atoms with Gasteiger partial charge in [0.1, 0.15) is 6.10 Å². The average molecular weight is 222 g/mol. The molecule has 1 fully saturated rings. The first kappa shape index (κ1) is 10.9. The maximum atomic E-state index is 11.5. The minimum absolute atomic E-state index is 0.104. The van der Waals surface area contributed by atoms with Crippen molar-refractivity contribution in [3.63, 3.8) is 0 Å². The number of ether oxygens (including phenoxy) is 1. The average Bonchev–Trinajstić information content (AvgIpc) is 2.09. The molecule has 0 aromatic heterocycles. The highest BCUT2D eigenvalue weighted by atomic mass is 32.2. The number of rotatable bonds is 3. The van der Waals surface area contributed by atoms with Gasteiger partial charge in [0.15, 0.2) is 0 Å². The lowest BCUT2D eigenvalue weighted by Crippen LogP contribution is -2.41. The van der Waals surface area contributed by atoms with Gasteiger partial charge in [-0.15, -0.1) is 0 Å². The maximum absolute atomic E-state index is 11.5. The van der Waals surface area contributed by atoms with E-state index in [-0.39, 0.29) is 11.4 Å². The van der Waals surface area contributed by atoms with Crippen LogP contribution in [0.25, 0.3) is 0 Å². The third-order valence-corrected chi connectivity index (χ3v) is 5.73. The monoisotopic (exact) mass is 222 g/mol. The summed E-state index contributed by atoms with van der Waals surface area (Å²) in [6.07, 6.45) is 1.20. The SMILES string of the molecule is C=COC(C)C1CS(=O)CCS1=O. The maximum Gasteiger partial charge on any atom is 0.110 e. The Kier molecular flexibility index (Phi) is 4.12. The van der Waals surface area contributed by atoms with Crippen LogP contribution in [-0.2, 0) is 26.3 Å². The molecule has 0 spiro atoms. The van der Waals surface area contributed by atoms with Gasteiger partial charge < -0.3 is 4.74 Å². The standard InChI is InChI=1S/C8H14O3S2/c1-3-11-7(2)8-6-12(9)4-5-13(8)10/h3,7-8H,1,4-6H2,2H3. The number of hydrogen-bond donors (Lipinski definition) is 0. The quantitative estimate of drug-likeness (QED) is 0.650. The van der Waals surface area contributed by atoms with Crippen molar-refractivity contribution in [1.82, 2.24) is 0 Å². The van der Waals surface area contributed by atoms with E-state index in [2.05, 4.69) is 6.58 Å². The van der Waals surface area contributed by atoms with E-state index in [0.29, 0.717) is 17.3 Å². The van der Waals surface area contributed by atoms with Crippen LogP contribution in [0.2, 0.25) is 0 Å². The second-order valence-corrected chi connectivity index (χ2v) is 6.34. The van der Waals surface area contributed by atoms with Crippen molar-refractivity contribution in [1.29, 1.82) is 0 Å². The smallest absolute Gasteiger partial charge is 0.110 e. The van der Waals surface area contributed by atoms with Gasteiger partial charge in [-0.2, -0.15) is 0 Å². The zero-order chi connectivity index (χ0) is 9.84. The summed E-state index contributed by atoms with van der Waals surface area (Å²) in [4.78, 5) is 0. The van der Waals surface area contributed by atoms with Crippen LogP contribution in [0.15, 0.2) is 12.8 Å². The molecular formula is C8H14O3S2. The fourth-order valence-corrected chi connectivity index (χ4v) is 5.32. The topological polar surface area (TPSA) is 43.4 Å². The fourth-order valence-electron chi connectivity index (χ4n) is 1.26. The minimum atomic E-state index is -0.896. The normalized spacial score (nSPS) is 36.5. The van der Waals surface area contributed by atoms with Crippen molar-refractivity contribution < 1.29 is 13.2 Å². The van der Waals surface area contributed by atoms with Crippen molar-refractivity contribution in [3.8, 4) is 0 Å². The molecular weight excluding hydrogens is 208 g/mol. The molecule has 0 aromatic carbocycles. The van der Waals surface area contributed by atoms with Crippen LogP contribution >= 0.6 is 0 Å². The summed E-state index contributed by atoms with van der Waals surface area (Å²) in [5.74, 6) is 1.58. The molecule has 0 bridgehead atoms. The van der Waals surface area contributed by atoms with E-state index in [1.807, 2.05) is 6.92 Å². The van der Waals surface area contributed by atoms with E-state index >= 15 is 0 Å². The van der Waals surface area contributed by atoms with Crippen LogP contribution < -0.4 is 0 Å². The largest absolute Gasteiger partial charge is 0.498 e. The van der Waals surface area contributed by atoms with Crippen molar-refractivity contribution in [2.24, 2.45) is 0 Å². The first-order chi connectivity index (χ1) is 6.15. The van der Waals surface area contributed by atoms with Gasteiger partial charge in [-0.3, -0.25) is 8.42 Å². The van der Waals surface area contributed by atoms with Gasteiger partial charge >= 0.3 is 0 Å². The van der Waals surface area contributed by atoms with Crippen LogP contribution in [0.3, 0.4) is 0 Å². The predicted octanol–water partition coefficient (Wildman–Crippen LogP) is 0.415. The Morgan fingerprint density at radius 3 is 2.85 bits per heavy atom. The van der Waals surface area contributed by atoms with Crippen LogP contribution in [0.1, 0.15) is 6.92 Å². The first-order valence-electron chi connectivity index (χ1n) is 4.13. The van der Waals surface area contributed by atoms with E-state index in [4.69, 9.17) is 4.74 Å². The Labute approximate surface area is 83.5 Å². The van der Waals surface area contributed by atoms with Crippen LogP contribution in [-0.4, -0.2) is 37.0 Å². The van der Waals surface area contributed by atoms with Crippen molar-refractivity contribution in [2.75, 3.05) is 17.3 Å². The molecule has 1 aliphatic heterocycles. The summed E-state index contributed by atoms with van der Waals surface area (Å²) in [6, 6.07) is 0. The third kappa shape index (κ3) is 2.91. The predicted molar refractivity (Wildman–Crippen MR) is 55.4 cm³/mol. The van der Waals surface area contributed by atoms with Crippen molar-refractivity contribution >= 4 is 21.6 Å². The zero-order valence-electron chi connectivity index (χ0n) is 7.60. The molecule has 0 amide bonds. The molecule has 1 rings (SSSR count). The van der Waals surface area contributed by atoms with Gasteiger partial charge in [-0.05, 0) is 6.92 Å². The molecule has 4 unspecified atom stereocenters. The second kappa shape index (κ2) is 4.91. The number of hydrogen-bond acceptors (Lipinski definition) is 3. The molecule has 5 heteroatoms. The molecule has 1 heterocycles. The van der Waals surface area contributed by atoms with Gasteiger partial charge in [-0.1, -0.05) is 6.58 Å². The van der Waals surface area contributed by atoms with E-state index in [1.54, 1.807) is 0 Å². The highest BCUT2D eigenvalue weighted by Gasteiger charge is 2.30. The Hall–Kier alpha value is -0.160. The molecule has 76 valence electrons. The lowest BCUT2D eigenvalue weighted by atomic mass is 10.3. The molecule has 3 nitrogen and oxygen atoms in total.